The SMILES string of the molecule is O=C(NCCCO)c1cc(Cl)cc(Br)c1. The van der Waals surface area contributed by atoms with Crippen LogP contribution in [0.2, 0.25) is 5.02 Å². The molecule has 15 heavy (non-hydrogen) atoms. The Hall–Kier alpha value is -0.580. The van der Waals surface area contributed by atoms with E-state index in [1.54, 1.807) is 18.2 Å². The quantitative estimate of drug-likeness (QED) is 0.836. The summed E-state index contributed by atoms with van der Waals surface area (Å²) in [5.74, 6) is -0.188. The van der Waals surface area contributed by atoms with E-state index >= 15 is 0 Å². The van der Waals surface area contributed by atoms with E-state index in [0.717, 1.165) is 4.47 Å². The van der Waals surface area contributed by atoms with E-state index < -0.39 is 0 Å². The zero-order valence-electron chi connectivity index (χ0n) is 7.96. The molecule has 3 nitrogen and oxygen atoms in total. The fourth-order valence-corrected chi connectivity index (χ4v) is 1.93. The van der Waals surface area contributed by atoms with Crippen LogP contribution >= 0.6 is 27.5 Å². The predicted molar refractivity (Wildman–Crippen MR) is 63.2 cm³/mol. The third kappa shape index (κ3) is 4.20. The van der Waals surface area contributed by atoms with Crippen molar-refractivity contribution < 1.29 is 9.90 Å². The van der Waals surface area contributed by atoms with Crippen molar-refractivity contribution in [3.63, 3.8) is 0 Å². The molecule has 0 unspecified atom stereocenters. The van der Waals surface area contributed by atoms with Gasteiger partial charge in [-0.05, 0) is 24.6 Å². The lowest BCUT2D eigenvalue weighted by atomic mass is 10.2. The van der Waals surface area contributed by atoms with Crippen LogP contribution in [-0.2, 0) is 0 Å². The zero-order chi connectivity index (χ0) is 11.3. The van der Waals surface area contributed by atoms with Gasteiger partial charge in [0, 0.05) is 28.2 Å². The Morgan fingerprint density at radius 3 is 2.80 bits per heavy atom. The average Bonchev–Trinajstić information content (AvgIpc) is 2.16. The second-order valence-corrected chi connectivity index (χ2v) is 4.34. The van der Waals surface area contributed by atoms with E-state index in [-0.39, 0.29) is 12.5 Å². The molecule has 0 fully saturated rings. The van der Waals surface area contributed by atoms with Crippen LogP contribution in [0.1, 0.15) is 16.8 Å². The first-order valence-electron chi connectivity index (χ1n) is 4.48. The molecule has 0 saturated carbocycles. The van der Waals surface area contributed by atoms with Gasteiger partial charge in [0.1, 0.15) is 0 Å². The van der Waals surface area contributed by atoms with Crippen molar-refractivity contribution in [1.29, 1.82) is 0 Å². The summed E-state index contributed by atoms with van der Waals surface area (Å²) in [6.45, 7) is 0.527. The van der Waals surface area contributed by atoms with Gasteiger partial charge in [-0.1, -0.05) is 27.5 Å². The number of benzene rings is 1. The maximum absolute atomic E-state index is 11.6. The number of aliphatic hydroxyl groups excluding tert-OH is 1. The highest BCUT2D eigenvalue weighted by molar-refractivity contribution is 9.10. The van der Waals surface area contributed by atoms with Crippen LogP contribution < -0.4 is 5.32 Å². The number of carbonyl (C=O) groups is 1. The fourth-order valence-electron chi connectivity index (χ4n) is 1.07. The zero-order valence-corrected chi connectivity index (χ0v) is 10.3. The van der Waals surface area contributed by atoms with Crippen molar-refractivity contribution in [3.8, 4) is 0 Å². The molecule has 1 rings (SSSR count). The van der Waals surface area contributed by atoms with Crippen LogP contribution in [0.15, 0.2) is 22.7 Å². The highest BCUT2D eigenvalue weighted by atomic mass is 79.9. The third-order valence-corrected chi connectivity index (χ3v) is 2.42. The summed E-state index contributed by atoms with van der Waals surface area (Å²) in [7, 11) is 0. The summed E-state index contributed by atoms with van der Waals surface area (Å²) < 4.78 is 0.766. The molecule has 0 radical (unpaired) electrons. The highest BCUT2D eigenvalue weighted by Gasteiger charge is 2.06. The minimum Gasteiger partial charge on any atom is -0.396 e. The van der Waals surface area contributed by atoms with Crippen molar-refractivity contribution in [2.24, 2.45) is 0 Å². The van der Waals surface area contributed by atoms with Crippen molar-refractivity contribution in [1.82, 2.24) is 5.32 Å². The Bertz CT molecular complexity index is 337. The van der Waals surface area contributed by atoms with Gasteiger partial charge in [-0.25, -0.2) is 0 Å². The van der Waals surface area contributed by atoms with E-state index in [0.29, 0.717) is 23.6 Å². The Balaban J connectivity index is 2.65. The number of amides is 1. The molecular formula is C10H11BrClNO2. The van der Waals surface area contributed by atoms with Gasteiger partial charge in [-0.2, -0.15) is 0 Å². The van der Waals surface area contributed by atoms with Gasteiger partial charge < -0.3 is 10.4 Å². The van der Waals surface area contributed by atoms with Gasteiger partial charge >= 0.3 is 0 Å². The first-order valence-corrected chi connectivity index (χ1v) is 5.65. The molecular weight excluding hydrogens is 281 g/mol. The number of rotatable bonds is 4. The van der Waals surface area contributed by atoms with Crippen molar-refractivity contribution in [2.45, 2.75) is 6.42 Å². The summed E-state index contributed by atoms with van der Waals surface area (Å²) in [4.78, 5) is 11.6. The molecule has 0 saturated heterocycles. The Morgan fingerprint density at radius 2 is 2.20 bits per heavy atom. The highest BCUT2D eigenvalue weighted by Crippen LogP contribution is 2.19. The number of carbonyl (C=O) groups excluding carboxylic acids is 1. The molecule has 82 valence electrons. The molecule has 0 bridgehead atoms. The third-order valence-electron chi connectivity index (χ3n) is 1.75. The fraction of sp³-hybridized carbons (Fsp3) is 0.300. The van der Waals surface area contributed by atoms with E-state index in [2.05, 4.69) is 21.2 Å². The van der Waals surface area contributed by atoms with Crippen LogP contribution in [0.25, 0.3) is 0 Å². The molecule has 0 aliphatic rings. The van der Waals surface area contributed by atoms with Gasteiger partial charge in [0.05, 0.1) is 0 Å². The normalized spacial score (nSPS) is 10.1. The van der Waals surface area contributed by atoms with E-state index in [9.17, 15) is 4.79 Å². The largest absolute Gasteiger partial charge is 0.396 e. The smallest absolute Gasteiger partial charge is 0.251 e. The monoisotopic (exact) mass is 291 g/mol. The number of hydrogen-bond acceptors (Lipinski definition) is 2. The minimum atomic E-state index is -0.188. The first-order chi connectivity index (χ1) is 7.13. The van der Waals surface area contributed by atoms with Crippen molar-refractivity contribution >= 4 is 33.4 Å². The van der Waals surface area contributed by atoms with Gasteiger partial charge in [0.25, 0.3) is 5.91 Å². The van der Waals surface area contributed by atoms with E-state index in [1.807, 2.05) is 0 Å². The molecule has 1 aromatic rings. The molecule has 2 N–H and O–H groups in total. The van der Waals surface area contributed by atoms with Crippen LogP contribution in [0.5, 0.6) is 0 Å². The minimum absolute atomic E-state index is 0.0690. The summed E-state index contributed by atoms with van der Waals surface area (Å²) in [6.07, 6.45) is 0.549. The summed E-state index contributed by atoms with van der Waals surface area (Å²) in [5.41, 5.74) is 0.507. The predicted octanol–water partition coefficient (Wildman–Crippen LogP) is 2.21. The van der Waals surface area contributed by atoms with E-state index in [4.69, 9.17) is 16.7 Å². The summed E-state index contributed by atoms with van der Waals surface area (Å²) >= 11 is 9.06. The molecule has 0 aliphatic heterocycles. The topological polar surface area (TPSA) is 49.3 Å². The number of hydrogen-bond donors (Lipinski definition) is 2. The van der Waals surface area contributed by atoms with Crippen LogP contribution in [0, 0.1) is 0 Å². The molecule has 0 heterocycles. The molecule has 0 aromatic heterocycles. The van der Waals surface area contributed by atoms with Crippen molar-refractivity contribution in [2.75, 3.05) is 13.2 Å². The lowest BCUT2D eigenvalue weighted by Gasteiger charge is -2.04. The second-order valence-electron chi connectivity index (χ2n) is 2.99. The molecule has 0 atom stereocenters. The Labute approximate surface area is 102 Å². The molecule has 1 aromatic carbocycles. The number of aliphatic hydroxyl groups is 1. The van der Waals surface area contributed by atoms with Crippen molar-refractivity contribution in [3.05, 3.63) is 33.3 Å². The number of halogens is 2. The lowest BCUT2D eigenvalue weighted by Crippen LogP contribution is -2.24. The molecule has 5 heteroatoms. The lowest BCUT2D eigenvalue weighted by molar-refractivity contribution is 0.0951. The van der Waals surface area contributed by atoms with E-state index in [1.165, 1.54) is 0 Å². The maximum Gasteiger partial charge on any atom is 0.251 e. The molecule has 0 spiro atoms. The summed E-state index contributed by atoms with van der Waals surface area (Å²) in [6, 6.07) is 5.01. The standard InChI is InChI=1S/C10H11BrClNO2/c11-8-4-7(5-9(12)6-8)10(15)13-2-1-3-14/h4-6,14H,1-3H2,(H,13,15). The van der Waals surface area contributed by atoms with Gasteiger partial charge in [-0.15, -0.1) is 0 Å². The van der Waals surface area contributed by atoms with Gasteiger partial charge in [0.2, 0.25) is 0 Å². The van der Waals surface area contributed by atoms with Crippen LogP contribution in [-0.4, -0.2) is 24.2 Å². The Morgan fingerprint density at radius 1 is 1.47 bits per heavy atom. The van der Waals surface area contributed by atoms with Gasteiger partial charge in [0.15, 0.2) is 0 Å². The maximum atomic E-state index is 11.6. The Kier molecular flexibility index (Phi) is 5.08. The molecule has 1 amide bonds. The second kappa shape index (κ2) is 6.10. The van der Waals surface area contributed by atoms with Crippen LogP contribution in [0.4, 0.5) is 0 Å². The first kappa shape index (κ1) is 12.5. The van der Waals surface area contributed by atoms with Crippen LogP contribution in [0.3, 0.4) is 0 Å². The molecule has 0 aliphatic carbocycles. The number of nitrogens with one attached hydrogen (secondary N) is 1. The van der Waals surface area contributed by atoms with Gasteiger partial charge in [-0.3, -0.25) is 4.79 Å². The summed E-state index contributed by atoms with van der Waals surface area (Å²) in [5, 5.41) is 11.7. The average molecular weight is 293 g/mol.